The summed E-state index contributed by atoms with van der Waals surface area (Å²) in [7, 11) is 0. The summed E-state index contributed by atoms with van der Waals surface area (Å²) >= 11 is 0. The molecule has 9 heteroatoms. The molecule has 0 aliphatic rings. The second-order valence-electron chi connectivity index (χ2n) is 8.09. The molecule has 34 heavy (non-hydrogen) atoms. The molecule has 1 heterocycles. The van der Waals surface area contributed by atoms with Crippen LogP contribution in [-0.4, -0.2) is 16.1 Å². The van der Waals surface area contributed by atoms with Gasteiger partial charge in [-0.2, -0.15) is 15.6 Å². The van der Waals surface area contributed by atoms with E-state index in [1.54, 1.807) is 0 Å². The number of benzene rings is 3. The standard InChI is InChI=1S/C25H26N4O5/c1-16-7-10-18(11-8-16)25-20-5-3-4-6-23(20)34-24(25)14-9-17(2)26-27-21-13-12-19(28(30)31)15-22(21)29(32)33/h3-8,10-13,15,27-30,32H,9,14H2,1-2H3. The first-order valence-electron chi connectivity index (χ1n) is 10.8. The SMILES string of the molecule is CC(CCc1oc2ccccc2c1-c1ccc(C)cc1)=NNc1ccc([NH+]([O-])O)cc1[NH+]([O-])O. The van der Waals surface area contributed by atoms with Gasteiger partial charge in [-0.15, -0.1) is 0 Å². The molecule has 0 saturated carbocycles. The average molecular weight is 463 g/mol. The number of hydrazone groups is 1. The quantitative estimate of drug-likeness (QED) is 0.201. The highest BCUT2D eigenvalue weighted by molar-refractivity contribution is 5.96. The molecule has 0 aliphatic carbocycles. The van der Waals surface area contributed by atoms with Crippen molar-refractivity contribution in [3.63, 3.8) is 0 Å². The molecule has 3 aromatic carbocycles. The predicted molar refractivity (Wildman–Crippen MR) is 129 cm³/mol. The van der Waals surface area contributed by atoms with Crippen molar-refractivity contribution in [2.75, 3.05) is 5.43 Å². The first kappa shape index (κ1) is 23.6. The first-order valence-corrected chi connectivity index (χ1v) is 10.8. The Hall–Kier alpha value is -3.57. The lowest BCUT2D eigenvalue weighted by Gasteiger charge is -2.18. The number of hydrogen-bond acceptors (Lipinski definition) is 7. The van der Waals surface area contributed by atoms with E-state index in [-0.39, 0.29) is 17.1 Å². The monoisotopic (exact) mass is 462 g/mol. The summed E-state index contributed by atoms with van der Waals surface area (Å²) in [5, 5.41) is 44.1. The van der Waals surface area contributed by atoms with Crippen molar-refractivity contribution in [3.05, 3.63) is 88.5 Å². The number of hydrogen-bond donors (Lipinski definition) is 5. The van der Waals surface area contributed by atoms with Crippen molar-refractivity contribution >= 4 is 33.7 Å². The minimum atomic E-state index is -1.23. The molecule has 4 aromatic rings. The van der Waals surface area contributed by atoms with Crippen molar-refractivity contribution in [1.82, 2.24) is 0 Å². The third-order valence-electron chi connectivity index (χ3n) is 5.59. The number of nitrogens with one attached hydrogen (secondary N) is 3. The van der Waals surface area contributed by atoms with E-state index in [4.69, 9.17) is 9.62 Å². The van der Waals surface area contributed by atoms with Crippen molar-refractivity contribution in [2.45, 2.75) is 26.7 Å². The maximum absolute atomic E-state index is 11.5. The Morgan fingerprint density at radius 2 is 1.74 bits per heavy atom. The zero-order valence-electron chi connectivity index (χ0n) is 18.8. The molecule has 5 N–H and O–H groups in total. The molecule has 2 unspecified atom stereocenters. The minimum absolute atomic E-state index is 0.0998. The molecule has 1 aromatic heterocycles. The smallest absolute Gasteiger partial charge is 0.195 e. The summed E-state index contributed by atoms with van der Waals surface area (Å²) in [6.45, 7) is 3.89. The lowest BCUT2D eigenvalue weighted by atomic mass is 9.99. The molecule has 0 radical (unpaired) electrons. The Morgan fingerprint density at radius 1 is 1.00 bits per heavy atom. The van der Waals surface area contributed by atoms with Gasteiger partial charge in [0.25, 0.3) is 0 Å². The first-order chi connectivity index (χ1) is 16.3. The van der Waals surface area contributed by atoms with Crippen LogP contribution in [0.1, 0.15) is 24.7 Å². The summed E-state index contributed by atoms with van der Waals surface area (Å²) in [6, 6.07) is 20.1. The van der Waals surface area contributed by atoms with Crippen molar-refractivity contribution in [3.8, 4) is 11.1 Å². The number of anilines is 1. The summed E-state index contributed by atoms with van der Waals surface area (Å²) in [5.74, 6) is 0.858. The van der Waals surface area contributed by atoms with Crippen LogP contribution in [0.3, 0.4) is 0 Å². The van der Waals surface area contributed by atoms with Crippen LogP contribution in [-0.2, 0) is 6.42 Å². The molecular weight excluding hydrogens is 436 g/mol. The zero-order chi connectivity index (χ0) is 24.2. The maximum Gasteiger partial charge on any atom is 0.195 e. The number of nitrogens with zero attached hydrogens (tertiary/aromatic N) is 1. The van der Waals surface area contributed by atoms with E-state index >= 15 is 0 Å². The number of furan rings is 1. The topological polar surface area (TPSA) is 133 Å². The lowest BCUT2D eigenvalue weighted by Crippen LogP contribution is -3.00. The van der Waals surface area contributed by atoms with E-state index in [0.717, 1.165) is 39.6 Å². The third-order valence-corrected chi connectivity index (χ3v) is 5.59. The average Bonchev–Trinajstić information content (AvgIpc) is 3.20. The molecular formula is C25H26N4O5. The van der Waals surface area contributed by atoms with E-state index in [2.05, 4.69) is 41.7 Å². The van der Waals surface area contributed by atoms with Crippen LogP contribution in [0.15, 0.2) is 76.2 Å². The van der Waals surface area contributed by atoms with Crippen molar-refractivity contribution < 1.29 is 25.3 Å². The van der Waals surface area contributed by atoms with Gasteiger partial charge in [0.05, 0.1) is 6.07 Å². The summed E-state index contributed by atoms with van der Waals surface area (Å²) in [6.07, 6.45) is 1.19. The molecule has 0 saturated heterocycles. The summed E-state index contributed by atoms with van der Waals surface area (Å²) in [4.78, 5) is 0. The van der Waals surface area contributed by atoms with Gasteiger partial charge >= 0.3 is 0 Å². The van der Waals surface area contributed by atoms with Gasteiger partial charge in [0.2, 0.25) is 0 Å². The third kappa shape index (κ3) is 5.15. The molecule has 0 aliphatic heterocycles. The molecule has 176 valence electrons. The van der Waals surface area contributed by atoms with Crippen molar-refractivity contribution in [2.24, 2.45) is 5.10 Å². The van der Waals surface area contributed by atoms with Crippen LogP contribution < -0.4 is 15.9 Å². The molecule has 9 nitrogen and oxygen atoms in total. The Kier molecular flexibility index (Phi) is 7.03. The number of aryl methyl sites for hydroxylation is 2. The Morgan fingerprint density at radius 3 is 2.44 bits per heavy atom. The molecule has 0 amide bonds. The normalized spacial score (nSPS) is 13.8. The van der Waals surface area contributed by atoms with Gasteiger partial charge in [-0.05, 0) is 38.0 Å². The maximum atomic E-state index is 11.5. The van der Waals surface area contributed by atoms with Crippen LogP contribution >= 0.6 is 0 Å². The molecule has 0 bridgehead atoms. The zero-order valence-corrected chi connectivity index (χ0v) is 18.8. The van der Waals surface area contributed by atoms with Crippen LogP contribution in [0, 0.1) is 17.3 Å². The van der Waals surface area contributed by atoms with Gasteiger partial charge in [0.1, 0.15) is 17.0 Å². The van der Waals surface area contributed by atoms with Crippen LogP contribution in [0.25, 0.3) is 22.1 Å². The Labute approximate surface area is 196 Å². The number of rotatable bonds is 8. The van der Waals surface area contributed by atoms with E-state index in [0.29, 0.717) is 12.8 Å². The predicted octanol–water partition coefficient (Wildman–Crippen LogP) is 3.64. The minimum Gasteiger partial charge on any atom is -0.595 e. The highest BCUT2D eigenvalue weighted by Crippen LogP contribution is 2.35. The lowest BCUT2D eigenvalue weighted by molar-refractivity contribution is -0.996. The Balaban J connectivity index is 1.55. The van der Waals surface area contributed by atoms with Crippen LogP contribution in [0.2, 0.25) is 0 Å². The van der Waals surface area contributed by atoms with Crippen LogP contribution in [0.5, 0.6) is 0 Å². The largest absolute Gasteiger partial charge is 0.595 e. The molecule has 0 fully saturated rings. The van der Waals surface area contributed by atoms with Gasteiger partial charge in [0, 0.05) is 29.1 Å². The van der Waals surface area contributed by atoms with E-state index in [1.807, 2.05) is 31.2 Å². The second-order valence-corrected chi connectivity index (χ2v) is 8.09. The van der Waals surface area contributed by atoms with Gasteiger partial charge in [-0.1, -0.05) is 48.0 Å². The van der Waals surface area contributed by atoms with Crippen LogP contribution in [0.4, 0.5) is 17.1 Å². The fourth-order valence-electron chi connectivity index (χ4n) is 3.77. The number of quaternary nitrogens is 2. The fraction of sp³-hybridized carbons (Fsp3) is 0.160. The molecule has 4 rings (SSSR count). The molecule has 0 spiro atoms. The summed E-state index contributed by atoms with van der Waals surface area (Å²) < 4.78 is 6.17. The Bertz CT molecular complexity index is 1310. The van der Waals surface area contributed by atoms with Gasteiger partial charge in [-0.25, -0.2) is 10.4 Å². The van der Waals surface area contributed by atoms with E-state index in [9.17, 15) is 15.6 Å². The number of fused-ring (bicyclic) bond motifs is 1. The fourth-order valence-corrected chi connectivity index (χ4v) is 3.77. The van der Waals surface area contributed by atoms with Gasteiger partial charge in [-0.3, -0.25) is 5.43 Å². The van der Waals surface area contributed by atoms with Gasteiger partial charge in [0.15, 0.2) is 11.4 Å². The molecule has 2 atom stereocenters. The van der Waals surface area contributed by atoms with Gasteiger partial charge < -0.3 is 14.8 Å². The second kappa shape index (κ2) is 10.1. The highest BCUT2D eigenvalue weighted by Gasteiger charge is 2.16. The van der Waals surface area contributed by atoms with E-state index < -0.39 is 10.5 Å². The summed E-state index contributed by atoms with van der Waals surface area (Å²) in [5.41, 5.74) is 7.63. The number of para-hydroxylation sites is 1. The van der Waals surface area contributed by atoms with E-state index in [1.165, 1.54) is 17.7 Å². The highest BCUT2D eigenvalue weighted by atomic mass is 16.8. The van der Waals surface area contributed by atoms with Crippen molar-refractivity contribution in [1.29, 1.82) is 0 Å².